The zero-order valence-electron chi connectivity index (χ0n) is 58.6. The Morgan fingerprint density at radius 1 is 0.255 bits per heavy atom. The minimum atomic E-state index is -0.225. The number of nitrogens with zero attached hydrogens (tertiary/aromatic N) is 3. The van der Waals surface area contributed by atoms with Gasteiger partial charge in [-0.2, -0.15) is 0 Å². The first-order valence-electron chi connectivity index (χ1n) is 35.0. The number of hydrogen-bond acceptors (Lipinski definition) is 2. The van der Waals surface area contributed by atoms with Crippen molar-refractivity contribution >= 4 is 79.0 Å². The number of hydrogen-bond donors (Lipinski definition) is 0. The second-order valence-corrected chi connectivity index (χ2v) is 31.3. The van der Waals surface area contributed by atoms with E-state index in [1.165, 1.54) is 88.4 Å². The Kier molecular flexibility index (Phi) is 14.9. The topological polar surface area (TPSA) is 11.4 Å². The van der Waals surface area contributed by atoms with Crippen molar-refractivity contribution < 1.29 is 0 Å². The van der Waals surface area contributed by atoms with Gasteiger partial charge in [0.15, 0.2) is 0 Å². The summed E-state index contributed by atoms with van der Waals surface area (Å²) in [6.45, 7) is 28.1. The summed E-state index contributed by atoms with van der Waals surface area (Å²) in [5, 5.41) is 2.43. The van der Waals surface area contributed by atoms with Gasteiger partial charge in [-0.3, -0.25) is 0 Å². The molecule has 0 saturated heterocycles. The van der Waals surface area contributed by atoms with Crippen LogP contribution < -0.4 is 26.2 Å². The number of benzene rings is 13. The minimum absolute atomic E-state index is 0.0391. The molecule has 2 aliphatic rings. The van der Waals surface area contributed by atoms with E-state index in [-0.39, 0.29) is 28.4 Å². The van der Waals surface area contributed by atoms with E-state index in [9.17, 15) is 0 Å². The van der Waals surface area contributed by atoms with E-state index >= 15 is 0 Å². The van der Waals surface area contributed by atoms with E-state index in [0.717, 1.165) is 78.7 Å². The minimum Gasteiger partial charge on any atom is -0.310 e. The van der Waals surface area contributed by atoms with Crippen LogP contribution in [0, 0.1) is 0 Å². The normalized spacial score (nSPS) is 13.0. The fourth-order valence-electron chi connectivity index (χ4n) is 15.6. The van der Waals surface area contributed by atoms with Crippen LogP contribution in [0.3, 0.4) is 0 Å². The summed E-state index contributed by atoms with van der Waals surface area (Å²) in [6, 6.07) is 111. The van der Waals surface area contributed by atoms with Crippen LogP contribution in [-0.4, -0.2) is 11.3 Å². The predicted octanol–water partition coefficient (Wildman–Crippen LogP) is 24.1. The molecular weight excluding hydrogens is 1180 g/mol. The molecular formula is C94H84BN3. The predicted molar refractivity (Wildman–Crippen MR) is 422 cm³/mol. The summed E-state index contributed by atoms with van der Waals surface area (Å²) in [5.41, 5.74) is 32.6. The lowest BCUT2D eigenvalue weighted by Crippen LogP contribution is -2.61. The molecule has 0 radical (unpaired) electrons. The van der Waals surface area contributed by atoms with Gasteiger partial charge in [0.1, 0.15) is 0 Å². The zero-order valence-corrected chi connectivity index (χ0v) is 58.6. The van der Waals surface area contributed by atoms with E-state index in [0.29, 0.717) is 0 Å². The summed E-state index contributed by atoms with van der Waals surface area (Å²) in [5.74, 6) is 0. The molecule has 13 aromatic carbocycles. The Labute approximate surface area is 580 Å². The quantitative estimate of drug-likeness (QED) is 0.133. The maximum absolute atomic E-state index is 2.74. The van der Waals surface area contributed by atoms with Gasteiger partial charge in [0.2, 0.25) is 0 Å². The van der Waals surface area contributed by atoms with Gasteiger partial charge >= 0.3 is 0 Å². The number of rotatable bonds is 9. The molecule has 2 aliphatic heterocycles. The molecule has 0 fully saturated rings. The SMILES string of the molecule is CC(C)(C)c1cc(-c2ccccc2)c(N2c3cc(-c4ccccc4)ccc3B3c4ccc(-c5ccc(C(C)(C)C)cc5C(C)(C)C)cc4N(c4c(-c5ccccc5)cc(C(C)(C)C)cc4-c4ccccc4)c4cc(-n5c6ccccc6c6ccccc65)cc2c43)c(-c2ccccc2)c1. The van der Waals surface area contributed by atoms with Gasteiger partial charge in [-0.1, -0.05) is 314 Å². The van der Waals surface area contributed by atoms with Crippen LogP contribution in [-0.2, 0) is 21.7 Å². The lowest BCUT2D eigenvalue weighted by Gasteiger charge is -2.46. The van der Waals surface area contributed by atoms with Crippen molar-refractivity contribution in [2.45, 2.75) is 105 Å². The highest BCUT2D eigenvalue weighted by Crippen LogP contribution is 2.56. The highest BCUT2D eigenvalue weighted by molar-refractivity contribution is 7.00. The summed E-state index contributed by atoms with van der Waals surface area (Å²) < 4.78 is 2.55. The smallest absolute Gasteiger partial charge is 0.252 e. The van der Waals surface area contributed by atoms with Crippen molar-refractivity contribution in [3.8, 4) is 72.4 Å². The third-order valence-electron chi connectivity index (χ3n) is 20.7. The molecule has 0 N–H and O–H groups in total. The number of aromatic nitrogens is 1. The van der Waals surface area contributed by atoms with Crippen molar-refractivity contribution in [3.05, 3.63) is 313 Å². The zero-order chi connectivity index (χ0) is 67.6. The average Bonchev–Trinajstić information content (AvgIpc) is 0.766. The first-order valence-corrected chi connectivity index (χ1v) is 35.0. The van der Waals surface area contributed by atoms with Gasteiger partial charge in [-0.15, -0.1) is 0 Å². The molecule has 16 rings (SSSR count). The first kappa shape index (κ1) is 62.2. The third kappa shape index (κ3) is 10.7. The lowest BCUT2D eigenvalue weighted by molar-refractivity contribution is 0.570. The molecule has 3 heterocycles. The van der Waals surface area contributed by atoms with Gasteiger partial charge in [-0.05, 0) is 165 Å². The molecule has 1 aromatic heterocycles. The molecule has 0 unspecified atom stereocenters. The largest absolute Gasteiger partial charge is 0.310 e. The van der Waals surface area contributed by atoms with Crippen LogP contribution in [0.1, 0.15) is 105 Å². The van der Waals surface area contributed by atoms with Crippen LogP contribution in [0.2, 0.25) is 0 Å². The van der Waals surface area contributed by atoms with Gasteiger partial charge < -0.3 is 14.4 Å². The molecule has 4 heteroatoms. The van der Waals surface area contributed by atoms with E-state index in [1.807, 2.05) is 0 Å². The molecule has 478 valence electrons. The Bertz CT molecular complexity index is 5230. The lowest BCUT2D eigenvalue weighted by atomic mass is 9.33. The van der Waals surface area contributed by atoms with Crippen molar-refractivity contribution in [3.63, 3.8) is 0 Å². The summed E-state index contributed by atoms with van der Waals surface area (Å²) >= 11 is 0. The molecule has 0 aliphatic carbocycles. The number of anilines is 6. The Balaban J connectivity index is 1.14. The third-order valence-corrected chi connectivity index (χ3v) is 20.7. The fourth-order valence-corrected chi connectivity index (χ4v) is 15.6. The number of para-hydroxylation sites is 2. The summed E-state index contributed by atoms with van der Waals surface area (Å²) in [4.78, 5) is 5.46. The Morgan fingerprint density at radius 2 is 0.612 bits per heavy atom. The van der Waals surface area contributed by atoms with Crippen molar-refractivity contribution in [2.75, 3.05) is 9.80 Å². The maximum atomic E-state index is 2.74. The van der Waals surface area contributed by atoms with Crippen LogP contribution in [0.4, 0.5) is 34.1 Å². The molecule has 0 saturated carbocycles. The van der Waals surface area contributed by atoms with Crippen molar-refractivity contribution in [1.29, 1.82) is 0 Å². The molecule has 0 spiro atoms. The Hall–Kier alpha value is -10.7. The second kappa shape index (κ2) is 23.6. The van der Waals surface area contributed by atoms with Gasteiger partial charge in [0.25, 0.3) is 6.71 Å². The van der Waals surface area contributed by atoms with Gasteiger partial charge in [-0.25, -0.2) is 0 Å². The molecule has 0 bridgehead atoms. The fraction of sp³-hybridized carbons (Fsp3) is 0.170. The van der Waals surface area contributed by atoms with E-state index in [2.05, 4.69) is 389 Å². The molecule has 0 amide bonds. The van der Waals surface area contributed by atoms with Crippen molar-refractivity contribution in [2.24, 2.45) is 0 Å². The molecule has 0 atom stereocenters. The van der Waals surface area contributed by atoms with Crippen LogP contribution in [0.5, 0.6) is 0 Å². The highest BCUT2D eigenvalue weighted by atomic mass is 15.2. The summed E-state index contributed by atoms with van der Waals surface area (Å²) in [6.07, 6.45) is 0. The Morgan fingerprint density at radius 3 is 1.00 bits per heavy atom. The molecule has 98 heavy (non-hydrogen) atoms. The second-order valence-electron chi connectivity index (χ2n) is 31.3. The maximum Gasteiger partial charge on any atom is 0.252 e. The van der Waals surface area contributed by atoms with E-state index in [4.69, 9.17) is 0 Å². The first-order chi connectivity index (χ1) is 47.2. The van der Waals surface area contributed by atoms with Crippen LogP contribution >= 0.6 is 0 Å². The standard InChI is InChI=1S/C94H84BN3/c1-91(2,3)68-48-49-72(79(58-68)94(10,11)12)67-47-51-81-85(53-67)98(90-77(64-38-24-16-25-39-64)56-70(93(7,8)9)57-78(90)65-40-26-17-27-41-65)87-60-71(96-82-44-30-28-42-73(82)74-43-29-31-45-83(74)96)59-86-88(87)95(81)80-50-46-66(61-32-18-13-19-33-61)52-84(80)97(86)89-75(62-34-20-14-21-35-62)54-69(92(4,5)6)55-76(89)63-36-22-15-23-37-63/h13-60H,1-12H3. The molecule has 3 nitrogen and oxygen atoms in total. The number of fused-ring (bicyclic) bond motifs is 7. The molecule has 14 aromatic rings. The van der Waals surface area contributed by atoms with Crippen molar-refractivity contribution in [1.82, 2.24) is 4.57 Å². The van der Waals surface area contributed by atoms with Gasteiger partial charge in [0.05, 0.1) is 28.1 Å². The monoisotopic (exact) mass is 1270 g/mol. The average molecular weight is 1270 g/mol. The summed E-state index contributed by atoms with van der Waals surface area (Å²) in [7, 11) is 0. The van der Waals surface area contributed by atoms with Gasteiger partial charge in [0, 0.05) is 55.8 Å². The van der Waals surface area contributed by atoms with Crippen LogP contribution in [0.15, 0.2) is 291 Å². The van der Waals surface area contributed by atoms with E-state index < -0.39 is 0 Å². The van der Waals surface area contributed by atoms with E-state index in [1.54, 1.807) is 0 Å². The van der Waals surface area contributed by atoms with Crippen LogP contribution in [0.25, 0.3) is 94.3 Å². The highest BCUT2D eigenvalue weighted by Gasteiger charge is 2.46.